The SMILES string of the molecule is CC(C)(C)c1ccc2c(c1)B1c3cc(C(C)(C)C)ccc3Oc3c(-c4ccc([Si](c5ccccc5)(c5ccccc5)c5ccccc5)cn4)cc(-c4ccccn4)c(c31)O2. The highest BCUT2D eigenvalue weighted by molar-refractivity contribution is 7.19. The van der Waals surface area contributed by atoms with E-state index in [9.17, 15) is 0 Å². The van der Waals surface area contributed by atoms with Crippen LogP contribution in [0.2, 0.25) is 0 Å². The number of hydrogen-bond donors (Lipinski definition) is 0. The van der Waals surface area contributed by atoms with E-state index in [1.54, 1.807) is 0 Å². The third-order valence-electron chi connectivity index (χ3n) is 12.4. The third-order valence-corrected chi connectivity index (χ3v) is 17.1. The minimum absolute atomic E-state index is 0.0518. The number of benzene rings is 6. The first-order valence-corrected chi connectivity index (χ1v) is 22.9. The van der Waals surface area contributed by atoms with Crippen molar-refractivity contribution in [3.8, 4) is 45.5 Å². The van der Waals surface area contributed by atoms with Gasteiger partial charge in [0.1, 0.15) is 23.0 Å². The van der Waals surface area contributed by atoms with Crippen molar-refractivity contribution in [3.05, 3.63) is 187 Å². The van der Waals surface area contributed by atoms with Crippen LogP contribution in [0.1, 0.15) is 52.7 Å². The minimum Gasteiger partial charge on any atom is -0.458 e. The molecule has 0 aliphatic carbocycles. The van der Waals surface area contributed by atoms with Gasteiger partial charge < -0.3 is 9.47 Å². The summed E-state index contributed by atoms with van der Waals surface area (Å²) in [5.74, 6) is 3.26. The van der Waals surface area contributed by atoms with E-state index in [0.29, 0.717) is 0 Å². The van der Waals surface area contributed by atoms with Crippen LogP contribution in [-0.4, -0.2) is 24.8 Å². The molecule has 60 heavy (non-hydrogen) atoms. The van der Waals surface area contributed by atoms with Crippen molar-refractivity contribution >= 4 is 51.9 Å². The van der Waals surface area contributed by atoms with Crippen molar-refractivity contribution in [2.75, 3.05) is 0 Å². The summed E-state index contributed by atoms with van der Waals surface area (Å²) in [5, 5.41) is 5.13. The molecule has 8 aromatic rings. The molecule has 2 aliphatic rings. The van der Waals surface area contributed by atoms with Gasteiger partial charge in [-0.3, -0.25) is 9.97 Å². The molecule has 0 bridgehead atoms. The molecule has 0 radical (unpaired) electrons. The van der Waals surface area contributed by atoms with E-state index in [-0.39, 0.29) is 17.5 Å². The van der Waals surface area contributed by atoms with Gasteiger partial charge in [-0.1, -0.05) is 169 Å². The van der Waals surface area contributed by atoms with E-state index >= 15 is 0 Å². The molecule has 0 saturated heterocycles. The molecule has 292 valence electrons. The molecule has 2 aromatic heterocycles. The Labute approximate surface area is 355 Å². The van der Waals surface area contributed by atoms with Crippen LogP contribution >= 0.6 is 0 Å². The van der Waals surface area contributed by atoms with Gasteiger partial charge in [-0.05, 0) is 90.0 Å². The number of nitrogens with zero attached hydrogens (tertiary/aromatic N) is 2. The first kappa shape index (κ1) is 37.8. The largest absolute Gasteiger partial charge is 0.458 e. The van der Waals surface area contributed by atoms with Gasteiger partial charge >= 0.3 is 0 Å². The number of hydrogen-bond acceptors (Lipinski definition) is 4. The van der Waals surface area contributed by atoms with Gasteiger partial charge in [-0.2, -0.15) is 0 Å². The van der Waals surface area contributed by atoms with Crippen LogP contribution in [0.5, 0.6) is 23.0 Å². The van der Waals surface area contributed by atoms with Gasteiger partial charge in [-0.25, -0.2) is 0 Å². The first-order chi connectivity index (χ1) is 29.0. The predicted molar refractivity (Wildman–Crippen MR) is 252 cm³/mol. The topological polar surface area (TPSA) is 44.2 Å². The zero-order chi connectivity index (χ0) is 41.2. The Morgan fingerprint density at radius 3 is 1.33 bits per heavy atom. The molecular weight excluding hydrogens is 748 g/mol. The lowest BCUT2D eigenvalue weighted by molar-refractivity contribution is 0.465. The quantitative estimate of drug-likeness (QED) is 0.125. The Morgan fingerprint density at radius 1 is 0.450 bits per heavy atom. The van der Waals surface area contributed by atoms with Crippen molar-refractivity contribution < 1.29 is 9.47 Å². The van der Waals surface area contributed by atoms with Gasteiger partial charge in [0.15, 0.2) is 8.07 Å². The van der Waals surface area contributed by atoms with E-state index < -0.39 is 8.07 Å². The number of ether oxygens (including phenoxy) is 2. The van der Waals surface area contributed by atoms with Crippen molar-refractivity contribution in [3.63, 3.8) is 0 Å². The molecule has 0 spiro atoms. The molecule has 0 atom stereocenters. The maximum absolute atomic E-state index is 7.15. The Kier molecular flexibility index (Phi) is 9.03. The van der Waals surface area contributed by atoms with Gasteiger partial charge in [0.2, 0.25) is 0 Å². The average molecular weight is 795 g/mol. The van der Waals surface area contributed by atoms with Crippen LogP contribution in [-0.2, 0) is 10.8 Å². The zero-order valence-corrected chi connectivity index (χ0v) is 36.0. The molecule has 2 aliphatic heterocycles. The van der Waals surface area contributed by atoms with Gasteiger partial charge in [0.25, 0.3) is 6.71 Å². The van der Waals surface area contributed by atoms with Gasteiger partial charge in [0, 0.05) is 29.0 Å². The summed E-state index contributed by atoms with van der Waals surface area (Å²) < 4.78 is 14.2. The molecular formula is C54H47BN2O2Si. The number of aromatic nitrogens is 2. The van der Waals surface area contributed by atoms with Crippen LogP contribution in [0.15, 0.2) is 176 Å². The van der Waals surface area contributed by atoms with E-state index in [2.05, 4.69) is 199 Å². The molecule has 0 fully saturated rings. The maximum Gasteiger partial charge on any atom is 0.260 e. The van der Waals surface area contributed by atoms with Crippen LogP contribution in [0, 0.1) is 0 Å². The molecule has 0 saturated carbocycles. The summed E-state index contributed by atoms with van der Waals surface area (Å²) in [6.45, 7) is 13.5. The van der Waals surface area contributed by atoms with Crippen LogP contribution < -0.4 is 46.6 Å². The third kappa shape index (κ3) is 6.20. The van der Waals surface area contributed by atoms with E-state index in [0.717, 1.165) is 61.9 Å². The number of rotatable bonds is 6. The van der Waals surface area contributed by atoms with Crippen molar-refractivity contribution in [2.24, 2.45) is 0 Å². The normalized spacial score (nSPS) is 13.1. The van der Waals surface area contributed by atoms with Gasteiger partial charge in [0.05, 0.1) is 11.4 Å². The Balaban J connectivity index is 1.23. The Bertz CT molecular complexity index is 2750. The lowest BCUT2D eigenvalue weighted by atomic mass is 9.34. The van der Waals surface area contributed by atoms with Crippen molar-refractivity contribution in [1.29, 1.82) is 0 Å². The van der Waals surface area contributed by atoms with E-state index in [1.165, 1.54) is 31.9 Å². The molecule has 4 nitrogen and oxygen atoms in total. The Morgan fingerprint density at radius 2 is 0.917 bits per heavy atom. The van der Waals surface area contributed by atoms with Crippen LogP contribution in [0.4, 0.5) is 0 Å². The summed E-state index contributed by atoms with van der Waals surface area (Å²) in [7, 11) is -2.79. The smallest absolute Gasteiger partial charge is 0.260 e. The highest BCUT2D eigenvalue weighted by atomic mass is 28.3. The number of pyridine rings is 2. The monoisotopic (exact) mass is 794 g/mol. The predicted octanol–water partition coefficient (Wildman–Crippen LogP) is 8.51. The lowest BCUT2D eigenvalue weighted by Gasteiger charge is -2.36. The zero-order valence-electron chi connectivity index (χ0n) is 35.0. The second-order valence-electron chi connectivity index (χ2n) is 18.2. The maximum atomic E-state index is 7.15. The molecule has 6 aromatic carbocycles. The first-order valence-electron chi connectivity index (χ1n) is 20.9. The van der Waals surface area contributed by atoms with E-state index in [4.69, 9.17) is 19.4 Å². The van der Waals surface area contributed by atoms with Crippen molar-refractivity contribution in [1.82, 2.24) is 9.97 Å². The standard InChI is InChI=1S/C54H47BN2O2Si/c1-53(2,3)36-25-29-48-44(32-36)55-45-33-37(54(4,5)6)26-30-49(45)59-52-43(34-42(51(58-48)50(52)55)46-24-16-17-31-56-46)47-28-27-41(35-57-47)60(38-18-10-7-11-19-38,39-20-12-8-13-21-39)40-22-14-9-15-23-40/h7-35H,1-6H3. The fourth-order valence-corrected chi connectivity index (χ4v) is 13.9. The minimum atomic E-state index is -2.79. The summed E-state index contributed by atoms with van der Waals surface area (Å²) >= 11 is 0. The summed E-state index contributed by atoms with van der Waals surface area (Å²) in [4.78, 5) is 10.3. The second kappa shape index (κ2) is 14.4. The molecule has 4 heterocycles. The van der Waals surface area contributed by atoms with Crippen LogP contribution in [0.3, 0.4) is 0 Å². The van der Waals surface area contributed by atoms with Gasteiger partial charge in [-0.15, -0.1) is 0 Å². The highest BCUT2D eigenvalue weighted by Crippen LogP contribution is 2.46. The summed E-state index contributed by atoms with van der Waals surface area (Å²) in [5.41, 5.74) is 9.19. The molecule has 10 rings (SSSR count). The Hall–Kier alpha value is -6.50. The van der Waals surface area contributed by atoms with Crippen molar-refractivity contribution in [2.45, 2.75) is 52.4 Å². The average Bonchev–Trinajstić information content (AvgIpc) is 3.27. The highest BCUT2D eigenvalue weighted by Gasteiger charge is 2.45. The fraction of sp³-hybridized carbons (Fsp3) is 0.148. The summed E-state index contributed by atoms with van der Waals surface area (Å²) in [6.07, 6.45) is 3.97. The fourth-order valence-electron chi connectivity index (χ4n) is 9.26. The van der Waals surface area contributed by atoms with Crippen LogP contribution in [0.25, 0.3) is 22.5 Å². The second-order valence-corrected chi connectivity index (χ2v) is 22.0. The lowest BCUT2D eigenvalue weighted by Crippen LogP contribution is -2.74. The molecule has 6 heteroatoms. The molecule has 0 N–H and O–H groups in total. The molecule has 0 unspecified atom stereocenters. The summed E-state index contributed by atoms with van der Waals surface area (Å²) in [6, 6.07) is 59.1. The van der Waals surface area contributed by atoms with E-state index in [1.807, 2.05) is 18.3 Å². The molecule has 0 amide bonds. The number of fused-ring (bicyclic) bond motifs is 4.